The Balaban J connectivity index is 2.64. The monoisotopic (exact) mass is 236 g/mol. The van der Waals surface area contributed by atoms with Gasteiger partial charge in [0.15, 0.2) is 0 Å². The summed E-state index contributed by atoms with van der Waals surface area (Å²) in [6, 6.07) is 8.04. The zero-order valence-electron chi connectivity index (χ0n) is 9.92. The molecule has 1 N–H and O–H groups in total. The Bertz CT molecular complexity index is 393. The van der Waals surface area contributed by atoms with Crippen LogP contribution in [-0.4, -0.2) is 6.54 Å². The lowest BCUT2D eigenvalue weighted by Gasteiger charge is -2.16. The van der Waals surface area contributed by atoms with E-state index in [2.05, 4.69) is 25.2 Å². The van der Waals surface area contributed by atoms with Gasteiger partial charge in [0.25, 0.3) is 0 Å². The van der Waals surface area contributed by atoms with Gasteiger partial charge in [-0.1, -0.05) is 25.4 Å². The molecule has 0 radical (unpaired) electrons. The van der Waals surface area contributed by atoms with Crippen LogP contribution in [0.5, 0.6) is 0 Å². The third kappa shape index (κ3) is 3.43. The predicted octanol–water partition coefficient (Wildman–Crippen LogP) is 3.86. The van der Waals surface area contributed by atoms with Crippen LogP contribution in [0.15, 0.2) is 18.2 Å². The molecule has 0 aliphatic heterocycles. The maximum absolute atomic E-state index is 8.98. The molecule has 0 bridgehead atoms. The van der Waals surface area contributed by atoms with Crippen molar-refractivity contribution in [3.8, 4) is 6.07 Å². The lowest BCUT2D eigenvalue weighted by Crippen LogP contribution is -2.18. The number of rotatable bonds is 4. The summed E-state index contributed by atoms with van der Waals surface area (Å²) in [6.07, 6.45) is 0. The number of hydrogen-bond acceptors (Lipinski definition) is 2. The molecule has 0 amide bonds. The van der Waals surface area contributed by atoms with Crippen molar-refractivity contribution in [2.45, 2.75) is 20.8 Å². The maximum Gasteiger partial charge on any atom is 0.0677 e. The summed E-state index contributed by atoms with van der Waals surface area (Å²) in [4.78, 5) is 0. The summed E-state index contributed by atoms with van der Waals surface area (Å²) < 4.78 is 0. The van der Waals surface area contributed by atoms with Crippen molar-refractivity contribution in [1.82, 2.24) is 0 Å². The number of nitrogens with zero attached hydrogens (tertiary/aromatic N) is 1. The highest BCUT2D eigenvalue weighted by Crippen LogP contribution is 2.20. The standard InChI is InChI=1S/C13H17ClN2/c1-9(2)11(7-15)8-16-13-5-4-12(14)6-10(13)3/h4-6,9,11,16H,8H2,1-3H3. The molecule has 0 aromatic heterocycles. The van der Waals surface area contributed by atoms with Gasteiger partial charge in [-0.05, 0) is 36.6 Å². The van der Waals surface area contributed by atoms with Crippen LogP contribution >= 0.6 is 11.6 Å². The molecule has 1 atom stereocenters. The third-order valence-corrected chi connectivity index (χ3v) is 2.91. The first kappa shape index (κ1) is 12.9. The number of halogens is 1. The second kappa shape index (κ2) is 5.77. The highest BCUT2D eigenvalue weighted by Gasteiger charge is 2.12. The highest BCUT2D eigenvalue weighted by atomic mass is 35.5. The molecule has 0 aliphatic rings. The molecule has 0 spiro atoms. The number of hydrogen-bond donors (Lipinski definition) is 1. The minimum absolute atomic E-state index is 0.0371. The quantitative estimate of drug-likeness (QED) is 0.862. The van der Waals surface area contributed by atoms with Crippen molar-refractivity contribution >= 4 is 17.3 Å². The van der Waals surface area contributed by atoms with Crippen LogP contribution in [0.3, 0.4) is 0 Å². The van der Waals surface area contributed by atoms with Gasteiger partial charge < -0.3 is 5.32 Å². The van der Waals surface area contributed by atoms with Crippen LogP contribution in [0.2, 0.25) is 5.02 Å². The maximum atomic E-state index is 8.98. The molecular formula is C13H17ClN2. The van der Waals surface area contributed by atoms with Crippen molar-refractivity contribution in [2.24, 2.45) is 11.8 Å². The summed E-state index contributed by atoms with van der Waals surface area (Å²) >= 11 is 5.88. The van der Waals surface area contributed by atoms with Crippen molar-refractivity contribution in [3.05, 3.63) is 28.8 Å². The van der Waals surface area contributed by atoms with Crippen molar-refractivity contribution < 1.29 is 0 Å². The molecule has 0 saturated carbocycles. The summed E-state index contributed by atoms with van der Waals surface area (Å²) in [6.45, 7) is 6.80. The Morgan fingerprint density at radius 3 is 2.62 bits per heavy atom. The zero-order valence-corrected chi connectivity index (χ0v) is 10.7. The Morgan fingerprint density at radius 2 is 2.12 bits per heavy atom. The second-order valence-corrected chi connectivity index (χ2v) is 4.76. The first-order valence-electron chi connectivity index (χ1n) is 5.44. The number of aryl methyl sites for hydroxylation is 1. The molecule has 16 heavy (non-hydrogen) atoms. The van der Waals surface area contributed by atoms with Gasteiger partial charge in [-0.3, -0.25) is 0 Å². The van der Waals surface area contributed by atoms with E-state index in [-0.39, 0.29) is 5.92 Å². The van der Waals surface area contributed by atoms with Crippen LogP contribution in [-0.2, 0) is 0 Å². The summed E-state index contributed by atoms with van der Waals surface area (Å²) in [5.74, 6) is 0.403. The minimum atomic E-state index is 0.0371. The van der Waals surface area contributed by atoms with E-state index in [0.717, 1.165) is 16.3 Å². The van der Waals surface area contributed by atoms with Crippen LogP contribution < -0.4 is 5.32 Å². The van der Waals surface area contributed by atoms with Gasteiger partial charge >= 0.3 is 0 Å². The largest absolute Gasteiger partial charge is 0.384 e. The summed E-state index contributed by atoms with van der Waals surface area (Å²) in [7, 11) is 0. The van der Waals surface area contributed by atoms with E-state index in [1.807, 2.05) is 25.1 Å². The van der Waals surface area contributed by atoms with Crippen LogP contribution in [0.25, 0.3) is 0 Å². The Kier molecular flexibility index (Phi) is 4.64. The van der Waals surface area contributed by atoms with E-state index in [0.29, 0.717) is 12.5 Å². The predicted molar refractivity (Wildman–Crippen MR) is 68.6 cm³/mol. The fourth-order valence-corrected chi connectivity index (χ4v) is 1.70. The molecule has 3 heteroatoms. The molecule has 0 fully saturated rings. The van der Waals surface area contributed by atoms with Gasteiger partial charge in [-0.15, -0.1) is 0 Å². The van der Waals surface area contributed by atoms with Crippen molar-refractivity contribution in [1.29, 1.82) is 5.26 Å². The molecule has 2 nitrogen and oxygen atoms in total. The molecule has 0 heterocycles. The minimum Gasteiger partial charge on any atom is -0.384 e. The zero-order chi connectivity index (χ0) is 12.1. The van der Waals surface area contributed by atoms with Crippen molar-refractivity contribution in [3.63, 3.8) is 0 Å². The smallest absolute Gasteiger partial charge is 0.0677 e. The molecular weight excluding hydrogens is 220 g/mol. The summed E-state index contributed by atoms with van der Waals surface area (Å²) in [5.41, 5.74) is 2.15. The van der Waals surface area contributed by atoms with E-state index < -0.39 is 0 Å². The van der Waals surface area contributed by atoms with Gasteiger partial charge in [-0.25, -0.2) is 0 Å². The van der Waals surface area contributed by atoms with E-state index >= 15 is 0 Å². The lowest BCUT2D eigenvalue weighted by molar-refractivity contribution is 0.496. The SMILES string of the molecule is Cc1cc(Cl)ccc1NCC(C#N)C(C)C. The number of benzene rings is 1. The molecule has 1 aromatic rings. The molecule has 1 aromatic carbocycles. The molecule has 86 valence electrons. The first-order valence-corrected chi connectivity index (χ1v) is 5.82. The van der Waals surface area contributed by atoms with E-state index in [1.165, 1.54) is 0 Å². The molecule has 1 rings (SSSR count). The fraction of sp³-hybridized carbons (Fsp3) is 0.462. The van der Waals surface area contributed by atoms with Gasteiger partial charge in [0.05, 0.1) is 12.0 Å². The molecule has 0 aliphatic carbocycles. The highest BCUT2D eigenvalue weighted by molar-refractivity contribution is 6.30. The second-order valence-electron chi connectivity index (χ2n) is 4.32. The van der Waals surface area contributed by atoms with Crippen LogP contribution in [0.4, 0.5) is 5.69 Å². The van der Waals surface area contributed by atoms with Gasteiger partial charge in [0.1, 0.15) is 0 Å². The Hall–Kier alpha value is -1.20. The lowest BCUT2D eigenvalue weighted by atomic mass is 9.97. The number of anilines is 1. The average Bonchev–Trinajstić information content (AvgIpc) is 2.21. The van der Waals surface area contributed by atoms with Gasteiger partial charge in [0.2, 0.25) is 0 Å². The van der Waals surface area contributed by atoms with Gasteiger partial charge in [0, 0.05) is 17.3 Å². The third-order valence-electron chi connectivity index (χ3n) is 2.67. The normalized spacial score (nSPS) is 12.2. The van der Waals surface area contributed by atoms with E-state index in [9.17, 15) is 0 Å². The average molecular weight is 237 g/mol. The van der Waals surface area contributed by atoms with Crippen molar-refractivity contribution in [2.75, 3.05) is 11.9 Å². The topological polar surface area (TPSA) is 35.8 Å². The molecule has 1 unspecified atom stereocenters. The fourth-order valence-electron chi connectivity index (χ4n) is 1.48. The number of nitrogens with one attached hydrogen (secondary N) is 1. The first-order chi connectivity index (χ1) is 7.54. The van der Waals surface area contributed by atoms with Crippen LogP contribution in [0, 0.1) is 30.1 Å². The number of nitriles is 1. The van der Waals surface area contributed by atoms with Gasteiger partial charge in [-0.2, -0.15) is 5.26 Å². The Labute approximate surface area is 102 Å². The summed E-state index contributed by atoms with van der Waals surface area (Å²) in [5, 5.41) is 13.0. The Morgan fingerprint density at radius 1 is 1.44 bits per heavy atom. The van der Waals surface area contributed by atoms with E-state index in [4.69, 9.17) is 16.9 Å². The van der Waals surface area contributed by atoms with Crippen LogP contribution in [0.1, 0.15) is 19.4 Å². The van der Waals surface area contributed by atoms with E-state index in [1.54, 1.807) is 0 Å². The molecule has 0 saturated heterocycles.